The van der Waals surface area contributed by atoms with Crippen LogP contribution in [0.25, 0.3) is 0 Å². The SMILES string of the molecule is CC1(CNc2cc(Br)ccc2N)CCC1. The Hall–Kier alpha value is -0.700. The van der Waals surface area contributed by atoms with Gasteiger partial charge in [-0.05, 0) is 36.5 Å². The van der Waals surface area contributed by atoms with Crippen molar-refractivity contribution >= 4 is 27.3 Å². The molecule has 82 valence electrons. The molecule has 0 amide bonds. The summed E-state index contributed by atoms with van der Waals surface area (Å²) >= 11 is 3.45. The van der Waals surface area contributed by atoms with E-state index in [0.29, 0.717) is 5.41 Å². The fraction of sp³-hybridized carbons (Fsp3) is 0.500. The fourth-order valence-corrected chi connectivity index (χ4v) is 2.31. The molecule has 0 saturated heterocycles. The Balaban J connectivity index is 2.01. The summed E-state index contributed by atoms with van der Waals surface area (Å²) in [5.41, 5.74) is 8.24. The molecule has 1 aliphatic carbocycles. The summed E-state index contributed by atoms with van der Waals surface area (Å²) in [5, 5.41) is 3.44. The van der Waals surface area contributed by atoms with Crippen LogP contribution < -0.4 is 11.1 Å². The van der Waals surface area contributed by atoms with Gasteiger partial charge in [0.2, 0.25) is 0 Å². The molecule has 0 bridgehead atoms. The largest absolute Gasteiger partial charge is 0.397 e. The number of nitrogens with two attached hydrogens (primary N) is 1. The van der Waals surface area contributed by atoms with Gasteiger partial charge in [-0.1, -0.05) is 29.3 Å². The minimum absolute atomic E-state index is 0.481. The van der Waals surface area contributed by atoms with Gasteiger partial charge in [-0.2, -0.15) is 0 Å². The van der Waals surface area contributed by atoms with Crippen molar-refractivity contribution in [1.82, 2.24) is 0 Å². The molecule has 2 nitrogen and oxygen atoms in total. The van der Waals surface area contributed by atoms with Crippen LogP contribution in [0.5, 0.6) is 0 Å². The normalized spacial score (nSPS) is 18.3. The molecule has 1 aromatic carbocycles. The first kappa shape index (κ1) is 10.8. The number of nitrogen functional groups attached to an aromatic ring is 1. The maximum absolute atomic E-state index is 5.89. The van der Waals surface area contributed by atoms with E-state index in [2.05, 4.69) is 28.2 Å². The standard InChI is InChI=1S/C12H17BrN2/c1-12(5-2-6-12)8-15-11-7-9(13)3-4-10(11)14/h3-4,7,15H,2,5-6,8,14H2,1H3. The Morgan fingerprint density at radius 1 is 1.47 bits per heavy atom. The minimum Gasteiger partial charge on any atom is -0.397 e. The van der Waals surface area contributed by atoms with E-state index in [0.717, 1.165) is 22.4 Å². The average molecular weight is 269 g/mol. The van der Waals surface area contributed by atoms with Gasteiger partial charge < -0.3 is 11.1 Å². The molecule has 0 aromatic heterocycles. The summed E-state index contributed by atoms with van der Waals surface area (Å²) in [6.07, 6.45) is 4.02. The number of hydrogen-bond acceptors (Lipinski definition) is 2. The highest BCUT2D eigenvalue weighted by Crippen LogP contribution is 2.40. The van der Waals surface area contributed by atoms with Gasteiger partial charge in [0.05, 0.1) is 11.4 Å². The van der Waals surface area contributed by atoms with Gasteiger partial charge in [-0.15, -0.1) is 0 Å². The quantitative estimate of drug-likeness (QED) is 0.822. The predicted octanol–water partition coefficient (Wildman–Crippen LogP) is 3.63. The van der Waals surface area contributed by atoms with Gasteiger partial charge in [0.15, 0.2) is 0 Å². The number of nitrogens with one attached hydrogen (secondary N) is 1. The van der Waals surface area contributed by atoms with E-state index in [4.69, 9.17) is 5.73 Å². The molecule has 0 aliphatic heterocycles. The molecule has 1 aliphatic rings. The van der Waals surface area contributed by atoms with Crippen LogP contribution in [0.4, 0.5) is 11.4 Å². The van der Waals surface area contributed by atoms with E-state index in [-0.39, 0.29) is 0 Å². The van der Waals surface area contributed by atoms with Crippen LogP contribution >= 0.6 is 15.9 Å². The van der Waals surface area contributed by atoms with Gasteiger partial charge in [0.25, 0.3) is 0 Å². The zero-order valence-electron chi connectivity index (χ0n) is 9.02. The maximum Gasteiger partial charge on any atom is 0.0585 e. The van der Waals surface area contributed by atoms with Crippen molar-refractivity contribution in [3.05, 3.63) is 22.7 Å². The zero-order valence-corrected chi connectivity index (χ0v) is 10.6. The van der Waals surface area contributed by atoms with Crippen molar-refractivity contribution in [2.24, 2.45) is 5.41 Å². The summed E-state index contributed by atoms with van der Waals surface area (Å²) in [5.74, 6) is 0. The van der Waals surface area contributed by atoms with Gasteiger partial charge in [0.1, 0.15) is 0 Å². The van der Waals surface area contributed by atoms with Crippen molar-refractivity contribution in [3.8, 4) is 0 Å². The third kappa shape index (κ3) is 2.46. The smallest absolute Gasteiger partial charge is 0.0585 e. The molecule has 0 radical (unpaired) electrons. The average Bonchev–Trinajstić information content (AvgIpc) is 2.17. The molecule has 1 fully saturated rings. The summed E-state index contributed by atoms with van der Waals surface area (Å²) in [7, 11) is 0. The maximum atomic E-state index is 5.89. The van der Waals surface area contributed by atoms with Crippen molar-refractivity contribution in [3.63, 3.8) is 0 Å². The second kappa shape index (κ2) is 4.05. The molecule has 0 heterocycles. The van der Waals surface area contributed by atoms with Crippen LogP contribution in [0.15, 0.2) is 22.7 Å². The Morgan fingerprint density at radius 2 is 2.20 bits per heavy atom. The van der Waals surface area contributed by atoms with Crippen LogP contribution in [0.3, 0.4) is 0 Å². The van der Waals surface area contributed by atoms with E-state index in [9.17, 15) is 0 Å². The molecule has 3 heteroatoms. The molecule has 1 aromatic rings. The first-order valence-corrected chi connectivity index (χ1v) is 6.17. The lowest BCUT2D eigenvalue weighted by atomic mass is 9.70. The molecular formula is C12H17BrN2. The Kier molecular flexibility index (Phi) is 2.91. The van der Waals surface area contributed by atoms with E-state index < -0.39 is 0 Å². The summed E-state index contributed by atoms with van der Waals surface area (Å²) < 4.78 is 1.07. The molecule has 0 spiro atoms. The highest BCUT2D eigenvalue weighted by molar-refractivity contribution is 9.10. The summed E-state index contributed by atoms with van der Waals surface area (Å²) in [6, 6.07) is 5.93. The molecule has 2 rings (SSSR count). The summed E-state index contributed by atoms with van der Waals surface area (Å²) in [6.45, 7) is 3.35. The topological polar surface area (TPSA) is 38.0 Å². The van der Waals surface area contributed by atoms with Crippen LogP contribution in [0.2, 0.25) is 0 Å². The Bertz CT molecular complexity index is 359. The van der Waals surface area contributed by atoms with Crippen molar-refractivity contribution in [2.45, 2.75) is 26.2 Å². The minimum atomic E-state index is 0.481. The van der Waals surface area contributed by atoms with E-state index in [1.54, 1.807) is 0 Å². The second-order valence-electron chi connectivity index (χ2n) is 4.75. The number of benzene rings is 1. The van der Waals surface area contributed by atoms with Crippen LogP contribution in [-0.2, 0) is 0 Å². The lowest BCUT2D eigenvalue weighted by Gasteiger charge is -2.38. The second-order valence-corrected chi connectivity index (χ2v) is 5.67. The lowest BCUT2D eigenvalue weighted by Crippen LogP contribution is -2.33. The molecule has 0 unspecified atom stereocenters. The van der Waals surface area contributed by atoms with Crippen LogP contribution in [0.1, 0.15) is 26.2 Å². The third-order valence-corrected chi connectivity index (χ3v) is 3.77. The van der Waals surface area contributed by atoms with E-state index in [1.165, 1.54) is 19.3 Å². The number of hydrogen-bond donors (Lipinski definition) is 2. The van der Waals surface area contributed by atoms with Gasteiger partial charge >= 0.3 is 0 Å². The van der Waals surface area contributed by atoms with Gasteiger partial charge in [0, 0.05) is 11.0 Å². The first-order chi connectivity index (χ1) is 7.09. The van der Waals surface area contributed by atoms with Crippen LogP contribution in [0, 0.1) is 5.41 Å². The molecule has 15 heavy (non-hydrogen) atoms. The number of rotatable bonds is 3. The van der Waals surface area contributed by atoms with Crippen molar-refractivity contribution in [1.29, 1.82) is 0 Å². The molecule has 0 atom stereocenters. The Morgan fingerprint density at radius 3 is 2.80 bits per heavy atom. The fourth-order valence-electron chi connectivity index (χ4n) is 1.95. The highest BCUT2D eigenvalue weighted by Gasteiger charge is 2.31. The number of halogens is 1. The first-order valence-electron chi connectivity index (χ1n) is 5.38. The number of anilines is 2. The van der Waals surface area contributed by atoms with Gasteiger partial charge in [-0.3, -0.25) is 0 Å². The highest BCUT2D eigenvalue weighted by atomic mass is 79.9. The van der Waals surface area contributed by atoms with E-state index >= 15 is 0 Å². The monoisotopic (exact) mass is 268 g/mol. The molecule has 3 N–H and O–H groups in total. The third-order valence-electron chi connectivity index (χ3n) is 3.28. The van der Waals surface area contributed by atoms with Crippen LogP contribution in [-0.4, -0.2) is 6.54 Å². The molecular weight excluding hydrogens is 252 g/mol. The lowest BCUT2D eigenvalue weighted by molar-refractivity contribution is 0.180. The van der Waals surface area contributed by atoms with Crippen molar-refractivity contribution in [2.75, 3.05) is 17.6 Å². The summed E-state index contributed by atoms with van der Waals surface area (Å²) in [4.78, 5) is 0. The predicted molar refractivity (Wildman–Crippen MR) is 69.0 cm³/mol. The Labute approximate surface area is 99.4 Å². The van der Waals surface area contributed by atoms with Gasteiger partial charge in [-0.25, -0.2) is 0 Å². The zero-order chi connectivity index (χ0) is 10.9. The van der Waals surface area contributed by atoms with E-state index in [1.807, 2.05) is 18.2 Å². The van der Waals surface area contributed by atoms with Crippen molar-refractivity contribution < 1.29 is 0 Å². The molecule has 1 saturated carbocycles.